The molecule has 0 aliphatic heterocycles. The largest absolute Gasteiger partial charge is 0.489 e. The second-order valence-electron chi connectivity index (χ2n) is 4.63. The van der Waals surface area contributed by atoms with Crippen molar-refractivity contribution in [3.05, 3.63) is 63.6 Å². The van der Waals surface area contributed by atoms with Crippen LogP contribution in [0.25, 0.3) is 0 Å². The van der Waals surface area contributed by atoms with Gasteiger partial charge in [-0.15, -0.1) is 0 Å². The monoisotopic (exact) mass is 339 g/mol. The molecule has 2 aromatic rings. The molecule has 0 spiro atoms. The number of aliphatic carboxylic acids is 1. The number of carbonyl (C=O) groups is 1. The van der Waals surface area contributed by atoms with Gasteiger partial charge in [-0.3, -0.25) is 4.79 Å². The van der Waals surface area contributed by atoms with Crippen LogP contribution < -0.4 is 10.1 Å². The molecule has 22 heavy (non-hydrogen) atoms. The van der Waals surface area contributed by atoms with Gasteiger partial charge < -0.3 is 15.2 Å². The van der Waals surface area contributed by atoms with Crippen LogP contribution >= 0.6 is 23.2 Å². The number of hydrogen-bond donors (Lipinski definition) is 2. The van der Waals surface area contributed by atoms with Crippen LogP contribution in [-0.4, -0.2) is 17.6 Å². The summed E-state index contributed by atoms with van der Waals surface area (Å²) in [5.41, 5.74) is 1.72. The molecule has 0 unspecified atom stereocenters. The quantitative estimate of drug-likeness (QED) is 0.806. The highest BCUT2D eigenvalue weighted by Crippen LogP contribution is 2.25. The summed E-state index contributed by atoms with van der Waals surface area (Å²) in [7, 11) is 0. The molecule has 0 amide bonds. The highest BCUT2D eigenvalue weighted by Gasteiger charge is 2.06. The Morgan fingerprint density at radius 1 is 1.09 bits per heavy atom. The maximum Gasteiger partial charge on any atom is 0.317 e. The van der Waals surface area contributed by atoms with Gasteiger partial charge in [-0.1, -0.05) is 41.4 Å². The highest BCUT2D eigenvalue weighted by molar-refractivity contribution is 6.35. The number of carboxylic acid groups (broad SMARTS) is 1. The number of nitrogens with one attached hydrogen (secondary N) is 1. The van der Waals surface area contributed by atoms with E-state index in [9.17, 15) is 4.79 Å². The molecule has 6 heteroatoms. The molecule has 2 N–H and O–H groups in total. The van der Waals surface area contributed by atoms with Crippen molar-refractivity contribution in [3.8, 4) is 5.75 Å². The molecule has 0 atom stereocenters. The Kier molecular flexibility index (Phi) is 6.07. The second-order valence-corrected chi connectivity index (χ2v) is 5.44. The first-order valence-electron chi connectivity index (χ1n) is 6.63. The maximum absolute atomic E-state index is 10.4. The van der Waals surface area contributed by atoms with E-state index in [1.54, 1.807) is 18.2 Å². The topological polar surface area (TPSA) is 58.6 Å². The predicted octanol–water partition coefficient (Wildman–Crippen LogP) is 3.75. The van der Waals surface area contributed by atoms with Gasteiger partial charge in [0.1, 0.15) is 12.4 Å². The zero-order valence-electron chi connectivity index (χ0n) is 11.7. The fourth-order valence-electron chi connectivity index (χ4n) is 1.84. The third-order valence-electron chi connectivity index (χ3n) is 2.97. The lowest BCUT2D eigenvalue weighted by atomic mass is 10.2. The fraction of sp³-hybridized carbons (Fsp3) is 0.188. The van der Waals surface area contributed by atoms with Crippen molar-refractivity contribution >= 4 is 29.2 Å². The Hall–Kier alpha value is -1.75. The smallest absolute Gasteiger partial charge is 0.317 e. The molecule has 0 saturated carbocycles. The average molecular weight is 340 g/mol. The summed E-state index contributed by atoms with van der Waals surface area (Å²) in [5, 5.41) is 12.5. The van der Waals surface area contributed by atoms with Gasteiger partial charge in [-0.2, -0.15) is 0 Å². The van der Waals surface area contributed by atoms with E-state index in [2.05, 4.69) is 5.32 Å². The third kappa shape index (κ3) is 4.91. The summed E-state index contributed by atoms with van der Waals surface area (Å²) < 4.78 is 5.67. The minimum atomic E-state index is -0.878. The van der Waals surface area contributed by atoms with Crippen molar-refractivity contribution < 1.29 is 14.6 Å². The van der Waals surface area contributed by atoms with E-state index < -0.39 is 5.97 Å². The molecular weight excluding hydrogens is 325 g/mol. The van der Waals surface area contributed by atoms with Crippen LogP contribution in [0, 0.1) is 0 Å². The molecule has 0 fully saturated rings. The molecule has 0 aromatic heterocycles. The zero-order valence-corrected chi connectivity index (χ0v) is 13.2. The standard InChI is InChI=1S/C16H15Cl2NO3/c17-14-2-1-3-15(18)13(14)10-22-12-6-4-11(5-7-12)8-19-9-16(20)21/h1-7,19H,8-10H2,(H,20,21). The molecule has 0 saturated heterocycles. The van der Waals surface area contributed by atoms with Crippen molar-refractivity contribution in [1.29, 1.82) is 0 Å². The Morgan fingerprint density at radius 3 is 2.32 bits per heavy atom. The molecule has 0 bridgehead atoms. The zero-order chi connectivity index (χ0) is 15.9. The van der Waals surface area contributed by atoms with Crippen LogP contribution in [0.15, 0.2) is 42.5 Å². The minimum Gasteiger partial charge on any atom is -0.489 e. The maximum atomic E-state index is 10.4. The van der Waals surface area contributed by atoms with Gasteiger partial charge in [0.05, 0.1) is 6.54 Å². The van der Waals surface area contributed by atoms with E-state index in [1.807, 2.05) is 24.3 Å². The van der Waals surface area contributed by atoms with E-state index >= 15 is 0 Å². The second kappa shape index (κ2) is 8.03. The molecule has 116 valence electrons. The summed E-state index contributed by atoms with van der Waals surface area (Å²) in [6.07, 6.45) is 0. The van der Waals surface area contributed by atoms with Crippen LogP contribution in [0.1, 0.15) is 11.1 Å². The van der Waals surface area contributed by atoms with Crippen molar-refractivity contribution in [1.82, 2.24) is 5.32 Å². The van der Waals surface area contributed by atoms with E-state index in [4.69, 9.17) is 33.0 Å². The number of hydrogen-bond acceptors (Lipinski definition) is 3. The lowest BCUT2D eigenvalue weighted by molar-refractivity contribution is -0.135. The van der Waals surface area contributed by atoms with Gasteiger partial charge in [0.25, 0.3) is 0 Å². The Labute approximate surface area is 138 Å². The van der Waals surface area contributed by atoms with Gasteiger partial charge in [0.15, 0.2) is 0 Å². The van der Waals surface area contributed by atoms with E-state index in [-0.39, 0.29) is 13.2 Å². The Balaban J connectivity index is 1.90. The third-order valence-corrected chi connectivity index (χ3v) is 3.68. The average Bonchev–Trinajstić information content (AvgIpc) is 2.48. The Morgan fingerprint density at radius 2 is 1.73 bits per heavy atom. The molecule has 0 aliphatic carbocycles. The molecule has 0 radical (unpaired) electrons. The first-order valence-corrected chi connectivity index (χ1v) is 7.39. The number of halogens is 2. The van der Waals surface area contributed by atoms with Gasteiger partial charge in [-0.25, -0.2) is 0 Å². The lowest BCUT2D eigenvalue weighted by Gasteiger charge is -2.10. The summed E-state index contributed by atoms with van der Waals surface area (Å²) in [5.74, 6) is -0.186. The molecule has 0 aliphatic rings. The van der Waals surface area contributed by atoms with Gasteiger partial charge in [0.2, 0.25) is 0 Å². The van der Waals surface area contributed by atoms with Crippen molar-refractivity contribution in [3.63, 3.8) is 0 Å². The van der Waals surface area contributed by atoms with E-state index in [0.29, 0.717) is 22.3 Å². The molecule has 4 nitrogen and oxygen atoms in total. The molecule has 0 heterocycles. The van der Waals surface area contributed by atoms with E-state index in [0.717, 1.165) is 11.1 Å². The summed E-state index contributed by atoms with van der Waals surface area (Å²) in [6, 6.07) is 12.7. The van der Waals surface area contributed by atoms with Crippen LogP contribution in [0.5, 0.6) is 5.75 Å². The van der Waals surface area contributed by atoms with Crippen molar-refractivity contribution in [2.24, 2.45) is 0 Å². The van der Waals surface area contributed by atoms with Crippen molar-refractivity contribution in [2.45, 2.75) is 13.2 Å². The predicted molar refractivity (Wildman–Crippen MR) is 86.6 cm³/mol. The van der Waals surface area contributed by atoms with Crippen LogP contribution in [-0.2, 0) is 17.9 Å². The molecular formula is C16H15Cl2NO3. The SMILES string of the molecule is O=C(O)CNCc1ccc(OCc2c(Cl)cccc2Cl)cc1. The number of benzene rings is 2. The summed E-state index contributed by atoms with van der Waals surface area (Å²) in [6.45, 7) is 0.710. The fourth-order valence-corrected chi connectivity index (χ4v) is 2.35. The van der Waals surface area contributed by atoms with Crippen molar-refractivity contribution in [2.75, 3.05) is 6.54 Å². The summed E-state index contributed by atoms with van der Waals surface area (Å²) >= 11 is 12.2. The lowest BCUT2D eigenvalue weighted by Crippen LogP contribution is -2.21. The van der Waals surface area contributed by atoms with Crippen LogP contribution in [0.2, 0.25) is 10.0 Å². The first-order chi connectivity index (χ1) is 10.6. The number of ether oxygens (including phenoxy) is 1. The van der Waals surface area contributed by atoms with Crippen LogP contribution in [0.3, 0.4) is 0 Å². The molecule has 2 rings (SSSR count). The Bertz CT molecular complexity index is 624. The molecule has 2 aromatic carbocycles. The first kappa shape index (κ1) is 16.6. The normalized spacial score (nSPS) is 10.5. The van der Waals surface area contributed by atoms with Gasteiger partial charge in [0, 0.05) is 22.2 Å². The summed E-state index contributed by atoms with van der Waals surface area (Å²) in [4.78, 5) is 10.4. The van der Waals surface area contributed by atoms with Gasteiger partial charge >= 0.3 is 5.97 Å². The minimum absolute atomic E-state index is 0.0662. The van der Waals surface area contributed by atoms with Crippen LogP contribution in [0.4, 0.5) is 0 Å². The van der Waals surface area contributed by atoms with E-state index in [1.165, 1.54) is 0 Å². The number of carboxylic acids is 1. The van der Waals surface area contributed by atoms with Gasteiger partial charge in [-0.05, 0) is 29.8 Å². The number of rotatable bonds is 7. The highest BCUT2D eigenvalue weighted by atomic mass is 35.5.